The van der Waals surface area contributed by atoms with Gasteiger partial charge in [0, 0.05) is 6.42 Å². The van der Waals surface area contributed by atoms with Crippen molar-refractivity contribution in [3.8, 4) is 0 Å². The van der Waals surface area contributed by atoms with Gasteiger partial charge >= 0.3 is 0 Å². The molecule has 24 heavy (non-hydrogen) atoms. The Bertz CT molecular complexity index is 847. The molecule has 0 bridgehead atoms. The molecule has 0 unspecified atom stereocenters. The van der Waals surface area contributed by atoms with Crippen LogP contribution in [0.2, 0.25) is 0 Å². The van der Waals surface area contributed by atoms with E-state index in [0.717, 1.165) is 10.9 Å². The number of nitrogens with two attached hydrogens (primary N) is 1. The zero-order valence-electron chi connectivity index (χ0n) is 12.7. The van der Waals surface area contributed by atoms with E-state index in [0.29, 0.717) is 0 Å². The number of nitrogens with zero attached hydrogens (tertiary/aromatic N) is 3. The Morgan fingerprint density at radius 2 is 2.25 bits per heavy atom. The summed E-state index contributed by atoms with van der Waals surface area (Å²) in [5, 5.41) is 29.9. The van der Waals surface area contributed by atoms with Gasteiger partial charge < -0.3 is 25.8 Å². The fourth-order valence-corrected chi connectivity index (χ4v) is 2.94. The number of Topliss-reactive ketones (excluding diaryl/α,β-unsaturated/α-hetero) is 1. The highest BCUT2D eigenvalue weighted by molar-refractivity contribution is 5.88. The minimum absolute atomic E-state index is 0.0414. The smallest absolute Gasteiger partial charge is 0.280 e. The SMILES string of the molecule is CCC(=O)[C@@]1(n2cnc3c(=O)[nH]c(N)nc32)O[C@H](CO)[C@@H](O)[C@H]1O. The monoisotopic (exact) mass is 339 g/mol. The second-order valence-corrected chi connectivity index (χ2v) is 5.49. The van der Waals surface area contributed by atoms with Crippen LogP contribution in [0.1, 0.15) is 13.3 Å². The second-order valence-electron chi connectivity index (χ2n) is 5.49. The number of ether oxygens (including phenoxy) is 1. The van der Waals surface area contributed by atoms with Gasteiger partial charge in [-0.25, -0.2) is 4.98 Å². The number of hydrogen-bond acceptors (Lipinski definition) is 9. The largest absolute Gasteiger partial charge is 0.394 e. The molecule has 3 rings (SSSR count). The number of imidazole rings is 1. The number of H-pyrrole nitrogens is 1. The van der Waals surface area contributed by atoms with Crippen LogP contribution in [0.5, 0.6) is 0 Å². The van der Waals surface area contributed by atoms with Gasteiger partial charge in [-0.1, -0.05) is 6.92 Å². The molecule has 0 radical (unpaired) electrons. The molecule has 6 N–H and O–H groups in total. The molecule has 11 heteroatoms. The molecule has 4 atom stereocenters. The number of carbonyl (C=O) groups excluding carboxylic acids is 1. The molecule has 130 valence electrons. The van der Waals surface area contributed by atoms with Crippen LogP contribution in [0.4, 0.5) is 5.95 Å². The van der Waals surface area contributed by atoms with E-state index in [1.165, 1.54) is 0 Å². The van der Waals surface area contributed by atoms with Gasteiger partial charge in [-0.2, -0.15) is 4.98 Å². The summed E-state index contributed by atoms with van der Waals surface area (Å²) in [5.41, 5.74) is 2.66. The third-order valence-electron chi connectivity index (χ3n) is 4.12. The van der Waals surface area contributed by atoms with Crippen molar-refractivity contribution in [1.82, 2.24) is 19.5 Å². The van der Waals surface area contributed by atoms with Crippen molar-refractivity contribution in [2.75, 3.05) is 12.3 Å². The standard InChI is InChI=1S/C13H17N5O6/c1-2-6(20)13(9(22)8(21)5(3-19)24-13)18-4-15-7-10(18)16-12(14)17-11(7)23/h4-5,8-9,19,21-22H,2-3H2,1H3,(H3,14,16,17,23)/t5-,8-,9-,13-/m1/s1. The highest BCUT2D eigenvalue weighted by Crippen LogP contribution is 2.38. The van der Waals surface area contributed by atoms with E-state index >= 15 is 0 Å². The number of nitrogens with one attached hydrogen (secondary N) is 1. The third kappa shape index (κ3) is 2.06. The second kappa shape index (κ2) is 5.63. The van der Waals surface area contributed by atoms with E-state index in [2.05, 4.69) is 15.0 Å². The first-order valence-corrected chi connectivity index (χ1v) is 7.28. The average Bonchev–Trinajstić information content (AvgIpc) is 3.08. The zero-order chi connectivity index (χ0) is 17.6. The number of carbonyl (C=O) groups is 1. The number of fused-ring (bicyclic) bond motifs is 1. The molecule has 0 aliphatic carbocycles. The molecule has 0 aromatic carbocycles. The van der Waals surface area contributed by atoms with E-state index in [1.807, 2.05) is 0 Å². The van der Waals surface area contributed by atoms with E-state index in [1.54, 1.807) is 6.92 Å². The van der Waals surface area contributed by atoms with Crippen LogP contribution in [-0.4, -0.2) is 65.5 Å². The lowest BCUT2D eigenvalue weighted by Gasteiger charge is -2.31. The molecule has 2 aromatic heterocycles. The minimum Gasteiger partial charge on any atom is -0.394 e. The summed E-state index contributed by atoms with van der Waals surface area (Å²) in [6.45, 7) is 0.937. The molecule has 1 aliphatic heterocycles. The number of aromatic nitrogens is 4. The van der Waals surface area contributed by atoms with Gasteiger partial charge in [0.25, 0.3) is 5.56 Å². The van der Waals surface area contributed by atoms with Gasteiger partial charge in [0.2, 0.25) is 11.7 Å². The van der Waals surface area contributed by atoms with Crippen LogP contribution >= 0.6 is 0 Å². The molecule has 0 spiro atoms. The first-order chi connectivity index (χ1) is 11.4. The summed E-state index contributed by atoms with van der Waals surface area (Å²) in [6.07, 6.45) is -3.33. The maximum Gasteiger partial charge on any atom is 0.280 e. The topological polar surface area (TPSA) is 177 Å². The Morgan fingerprint density at radius 3 is 2.83 bits per heavy atom. The number of hydrogen-bond donors (Lipinski definition) is 5. The van der Waals surface area contributed by atoms with Crippen molar-refractivity contribution in [2.24, 2.45) is 0 Å². The van der Waals surface area contributed by atoms with Gasteiger partial charge in [-0.05, 0) is 0 Å². The van der Waals surface area contributed by atoms with Crippen molar-refractivity contribution in [3.63, 3.8) is 0 Å². The summed E-state index contributed by atoms with van der Waals surface area (Å²) >= 11 is 0. The van der Waals surface area contributed by atoms with Crippen molar-refractivity contribution < 1.29 is 24.9 Å². The van der Waals surface area contributed by atoms with E-state index < -0.39 is 42.0 Å². The van der Waals surface area contributed by atoms with E-state index in [9.17, 15) is 24.9 Å². The summed E-state index contributed by atoms with van der Waals surface area (Å²) in [5.74, 6) is -0.787. The highest BCUT2D eigenvalue weighted by Gasteiger charge is 2.60. The molecule has 1 fully saturated rings. The lowest BCUT2D eigenvalue weighted by atomic mass is 9.96. The fourth-order valence-electron chi connectivity index (χ4n) is 2.94. The fraction of sp³-hybridized carbons (Fsp3) is 0.538. The first kappa shape index (κ1) is 16.5. The van der Waals surface area contributed by atoms with Crippen LogP contribution in [0.3, 0.4) is 0 Å². The number of rotatable bonds is 4. The Hall–Kier alpha value is -2.34. The van der Waals surface area contributed by atoms with Crippen molar-refractivity contribution in [1.29, 1.82) is 0 Å². The summed E-state index contributed by atoms with van der Waals surface area (Å²) in [4.78, 5) is 34.6. The van der Waals surface area contributed by atoms with Crippen molar-refractivity contribution in [3.05, 3.63) is 16.7 Å². The molecule has 0 amide bonds. The van der Waals surface area contributed by atoms with Gasteiger partial charge in [0.15, 0.2) is 16.9 Å². The van der Waals surface area contributed by atoms with Gasteiger partial charge in [0.1, 0.15) is 24.6 Å². The maximum absolute atomic E-state index is 12.6. The van der Waals surface area contributed by atoms with Crippen molar-refractivity contribution >= 4 is 22.9 Å². The molecular formula is C13H17N5O6. The lowest BCUT2D eigenvalue weighted by molar-refractivity contribution is -0.173. The minimum atomic E-state index is -2.07. The number of aliphatic hydroxyl groups excluding tert-OH is 3. The quantitative estimate of drug-likeness (QED) is 0.401. The summed E-state index contributed by atoms with van der Waals surface area (Å²) in [6, 6.07) is 0. The number of aliphatic hydroxyl groups is 3. The van der Waals surface area contributed by atoms with Gasteiger partial charge in [0.05, 0.1) is 6.61 Å². The highest BCUT2D eigenvalue weighted by atomic mass is 16.6. The molecular weight excluding hydrogens is 322 g/mol. The number of nitrogen functional groups attached to an aromatic ring is 1. The molecule has 2 aromatic rings. The predicted molar refractivity (Wildman–Crippen MR) is 79.8 cm³/mol. The third-order valence-corrected chi connectivity index (χ3v) is 4.12. The van der Waals surface area contributed by atoms with Gasteiger partial charge in [-0.3, -0.25) is 19.1 Å². The average molecular weight is 339 g/mol. The van der Waals surface area contributed by atoms with E-state index in [-0.39, 0.29) is 23.5 Å². The Kier molecular flexibility index (Phi) is 3.87. The van der Waals surface area contributed by atoms with Crippen LogP contribution in [-0.2, 0) is 15.3 Å². The number of aromatic amines is 1. The zero-order valence-corrected chi connectivity index (χ0v) is 12.7. The Balaban J connectivity index is 2.30. The Labute approximate surface area is 134 Å². The van der Waals surface area contributed by atoms with Crippen LogP contribution in [0.15, 0.2) is 11.1 Å². The van der Waals surface area contributed by atoms with Crippen LogP contribution < -0.4 is 11.3 Å². The molecule has 1 saturated heterocycles. The summed E-state index contributed by atoms with van der Waals surface area (Å²) < 4.78 is 6.61. The van der Waals surface area contributed by atoms with Crippen LogP contribution in [0, 0.1) is 0 Å². The lowest BCUT2D eigenvalue weighted by Crippen LogP contribution is -2.51. The number of ketones is 1. The normalized spacial score (nSPS) is 30.1. The molecule has 1 aliphatic rings. The maximum atomic E-state index is 12.6. The molecule has 0 saturated carbocycles. The van der Waals surface area contributed by atoms with Gasteiger partial charge in [-0.15, -0.1) is 0 Å². The first-order valence-electron chi connectivity index (χ1n) is 7.28. The molecule has 3 heterocycles. The van der Waals surface area contributed by atoms with Crippen LogP contribution in [0.25, 0.3) is 11.2 Å². The van der Waals surface area contributed by atoms with E-state index in [4.69, 9.17) is 10.5 Å². The predicted octanol–water partition coefficient (Wildman–Crippen LogP) is -2.55. The Morgan fingerprint density at radius 1 is 1.54 bits per heavy atom. The van der Waals surface area contributed by atoms with Crippen molar-refractivity contribution in [2.45, 2.75) is 37.4 Å². The number of anilines is 1. The molecule has 11 nitrogen and oxygen atoms in total. The summed E-state index contributed by atoms with van der Waals surface area (Å²) in [7, 11) is 0.